The van der Waals surface area contributed by atoms with Gasteiger partial charge < -0.3 is 4.90 Å². The molecule has 0 N–H and O–H groups in total. The van der Waals surface area contributed by atoms with Crippen LogP contribution < -0.4 is 4.90 Å². The fraction of sp³-hybridized carbons (Fsp3) is 0.636. The molecule has 0 saturated carbocycles. The van der Waals surface area contributed by atoms with Crippen LogP contribution in [0.25, 0.3) is 0 Å². The number of rotatable bonds is 2. The summed E-state index contributed by atoms with van der Waals surface area (Å²) in [4.78, 5) is 10.4. The molecule has 1 aliphatic heterocycles. The van der Waals surface area contributed by atoms with Crippen LogP contribution in [-0.2, 0) is 9.84 Å². The van der Waals surface area contributed by atoms with Gasteiger partial charge in [-0.25, -0.2) is 18.4 Å². The third-order valence-corrected chi connectivity index (χ3v) is 5.30. The molecular weight excluding hydrogens is 309 g/mol. The Balaban J connectivity index is 2.34. The Bertz CT molecular complexity index is 576. The van der Waals surface area contributed by atoms with Crippen molar-refractivity contribution in [3.8, 4) is 0 Å². The molecule has 1 aliphatic rings. The van der Waals surface area contributed by atoms with Gasteiger partial charge in [0, 0.05) is 19.0 Å². The Morgan fingerprint density at radius 2 is 1.74 bits per heavy atom. The zero-order valence-corrected chi connectivity index (χ0v) is 13.1. The molecule has 8 heteroatoms. The van der Waals surface area contributed by atoms with Crippen molar-refractivity contribution < 1.29 is 8.42 Å². The molecule has 0 spiro atoms. The molecule has 1 aromatic rings. The van der Waals surface area contributed by atoms with Crippen LogP contribution >= 0.6 is 23.2 Å². The number of hydrogen-bond donors (Lipinski definition) is 0. The van der Waals surface area contributed by atoms with E-state index in [1.165, 1.54) is 0 Å². The van der Waals surface area contributed by atoms with E-state index in [4.69, 9.17) is 23.2 Å². The highest BCUT2D eigenvalue weighted by molar-refractivity contribution is 7.91. The van der Waals surface area contributed by atoms with E-state index in [0.29, 0.717) is 24.7 Å². The van der Waals surface area contributed by atoms with Crippen molar-refractivity contribution in [3.05, 3.63) is 16.0 Å². The second kappa shape index (κ2) is 5.42. The van der Waals surface area contributed by atoms with Crippen molar-refractivity contribution in [2.24, 2.45) is 0 Å². The van der Waals surface area contributed by atoms with Crippen molar-refractivity contribution >= 4 is 38.9 Å². The number of halogens is 2. The van der Waals surface area contributed by atoms with Gasteiger partial charge >= 0.3 is 0 Å². The fourth-order valence-electron chi connectivity index (χ4n) is 1.82. The van der Waals surface area contributed by atoms with Crippen LogP contribution in [0.3, 0.4) is 0 Å². The SMILES string of the molecule is CC(C)c1nc(Cl)c(Cl)c(N2CCS(=O)(=O)CC2)n1. The quantitative estimate of drug-likeness (QED) is 0.780. The van der Waals surface area contributed by atoms with Gasteiger partial charge in [-0.3, -0.25) is 0 Å². The van der Waals surface area contributed by atoms with Gasteiger partial charge in [-0.2, -0.15) is 0 Å². The Labute approximate surface area is 122 Å². The van der Waals surface area contributed by atoms with E-state index >= 15 is 0 Å². The first-order valence-corrected chi connectivity index (χ1v) is 8.56. The van der Waals surface area contributed by atoms with E-state index in [1.807, 2.05) is 18.7 Å². The minimum atomic E-state index is -2.93. The fourth-order valence-corrected chi connectivity index (χ4v) is 3.39. The van der Waals surface area contributed by atoms with Gasteiger partial charge in [0.05, 0.1) is 11.5 Å². The van der Waals surface area contributed by atoms with Crippen LogP contribution in [0.1, 0.15) is 25.6 Å². The van der Waals surface area contributed by atoms with Gasteiger partial charge in [-0.1, -0.05) is 37.0 Å². The van der Waals surface area contributed by atoms with Crippen LogP contribution in [0.15, 0.2) is 0 Å². The number of aromatic nitrogens is 2. The second-order valence-electron chi connectivity index (χ2n) is 4.80. The molecule has 19 heavy (non-hydrogen) atoms. The van der Waals surface area contributed by atoms with Gasteiger partial charge in [0.15, 0.2) is 20.8 Å². The van der Waals surface area contributed by atoms with E-state index in [0.717, 1.165) is 0 Å². The molecule has 2 heterocycles. The molecule has 0 aliphatic carbocycles. The highest BCUT2D eigenvalue weighted by Crippen LogP contribution is 2.31. The Hall–Kier alpha value is -0.590. The molecule has 0 radical (unpaired) electrons. The highest BCUT2D eigenvalue weighted by Gasteiger charge is 2.25. The molecular formula is C11H15Cl2N3O2S. The number of nitrogens with zero attached hydrogens (tertiary/aromatic N) is 3. The summed E-state index contributed by atoms with van der Waals surface area (Å²) in [6, 6.07) is 0. The van der Waals surface area contributed by atoms with Crippen LogP contribution in [-0.4, -0.2) is 43.0 Å². The first-order chi connectivity index (χ1) is 8.80. The molecule has 1 aromatic heterocycles. The minimum absolute atomic E-state index is 0.113. The zero-order valence-electron chi connectivity index (χ0n) is 10.7. The summed E-state index contributed by atoms with van der Waals surface area (Å²) in [5.74, 6) is 1.49. The van der Waals surface area contributed by atoms with Crippen LogP contribution in [0.5, 0.6) is 0 Å². The van der Waals surface area contributed by atoms with E-state index in [-0.39, 0.29) is 27.6 Å². The van der Waals surface area contributed by atoms with Gasteiger partial charge in [0.25, 0.3) is 0 Å². The lowest BCUT2D eigenvalue weighted by Crippen LogP contribution is -2.41. The lowest BCUT2D eigenvalue weighted by Gasteiger charge is -2.28. The molecule has 2 rings (SSSR count). The van der Waals surface area contributed by atoms with Crippen molar-refractivity contribution in [1.82, 2.24) is 9.97 Å². The number of sulfone groups is 1. The molecule has 0 unspecified atom stereocenters. The monoisotopic (exact) mass is 323 g/mol. The summed E-state index contributed by atoms with van der Waals surface area (Å²) >= 11 is 12.1. The van der Waals surface area contributed by atoms with Gasteiger partial charge in [-0.05, 0) is 0 Å². The normalized spacial score (nSPS) is 18.9. The van der Waals surface area contributed by atoms with E-state index in [9.17, 15) is 8.42 Å². The average Bonchev–Trinajstić information content (AvgIpc) is 2.32. The van der Waals surface area contributed by atoms with E-state index < -0.39 is 9.84 Å². The largest absolute Gasteiger partial charge is 0.353 e. The predicted molar refractivity (Wildman–Crippen MR) is 77.0 cm³/mol. The number of hydrogen-bond acceptors (Lipinski definition) is 5. The molecule has 0 atom stereocenters. The molecule has 0 amide bonds. The van der Waals surface area contributed by atoms with Crippen LogP contribution in [0.4, 0.5) is 5.82 Å². The molecule has 5 nitrogen and oxygen atoms in total. The third-order valence-electron chi connectivity index (χ3n) is 2.97. The standard InChI is InChI=1S/C11H15Cl2N3O2S/c1-7(2)10-14-9(13)8(12)11(15-10)16-3-5-19(17,18)6-4-16/h7H,3-6H2,1-2H3. The van der Waals surface area contributed by atoms with E-state index in [1.54, 1.807) is 0 Å². The first-order valence-electron chi connectivity index (χ1n) is 5.98. The summed E-state index contributed by atoms with van der Waals surface area (Å²) in [6.45, 7) is 4.69. The van der Waals surface area contributed by atoms with Gasteiger partial charge in [-0.15, -0.1) is 0 Å². The molecule has 1 saturated heterocycles. The van der Waals surface area contributed by atoms with Crippen molar-refractivity contribution in [2.75, 3.05) is 29.5 Å². The lowest BCUT2D eigenvalue weighted by molar-refractivity contribution is 0.586. The summed E-state index contributed by atoms with van der Waals surface area (Å²) in [5.41, 5.74) is 0. The van der Waals surface area contributed by atoms with E-state index in [2.05, 4.69) is 9.97 Å². The molecule has 0 bridgehead atoms. The molecule has 0 aromatic carbocycles. The second-order valence-corrected chi connectivity index (χ2v) is 7.84. The zero-order chi connectivity index (χ0) is 14.2. The first kappa shape index (κ1) is 14.8. The van der Waals surface area contributed by atoms with Gasteiger partial charge in [0.1, 0.15) is 10.8 Å². The van der Waals surface area contributed by atoms with Crippen LogP contribution in [0.2, 0.25) is 10.2 Å². The maximum atomic E-state index is 11.4. The van der Waals surface area contributed by atoms with Crippen molar-refractivity contribution in [1.29, 1.82) is 0 Å². The Morgan fingerprint density at radius 3 is 2.26 bits per heavy atom. The average molecular weight is 324 g/mol. The minimum Gasteiger partial charge on any atom is -0.353 e. The summed E-state index contributed by atoms with van der Waals surface area (Å²) in [6.07, 6.45) is 0. The summed E-state index contributed by atoms with van der Waals surface area (Å²) in [5, 5.41) is 0.495. The Morgan fingerprint density at radius 1 is 1.16 bits per heavy atom. The topological polar surface area (TPSA) is 63.2 Å². The molecule has 106 valence electrons. The maximum absolute atomic E-state index is 11.4. The van der Waals surface area contributed by atoms with Gasteiger partial charge in [0.2, 0.25) is 0 Å². The predicted octanol–water partition coefficient (Wildman–Crippen LogP) is 2.14. The lowest BCUT2D eigenvalue weighted by atomic mass is 10.2. The highest BCUT2D eigenvalue weighted by atomic mass is 35.5. The molecule has 1 fully saturated rings. The third kappa shape index (κ3) is 3.30. The van der Waals surface area contributed by atoms with Crippen LogP contribution in [0, 0.1) is 0 Å². The summed E-state index contributed by atoms with van der Waals surface area (Å²) in [7, 11) is -2.93. The smallest absolute Gasteiger partial charge is 0.153 e. The maximum Gasteiger partial charge on any atom is 0.153 e. The van der Waals surface area contributed by atoms with Crippen molar-refractivity contribution in [2.45, 2.75) is 19.8 Å². The Kier molecular flexibility index (Phi) is 4.23. The number of anilines is 1. The summed E-state index contributed by atoms with van der Waals surface area (Å²) < 4.78 is 22.9. The van der Waals surface area contributed by atoms with Crippen molar-refractivity contribution in [3.63, 3.8) is 0 Å².